The molecule has 1 heterocycles. The van der Waals surface area contributed by atoms with Gasteiger partial charge in [0, 0.05) is 25.0 Å². The molecule has 21 heavy (non-hydrogen) atoms. The highest BCUT2D eigenvalue weighted by molar-refractivity contribution is 5.48. The van der Waals surface area contributed by atoms with Crippen molar-refractivity contribution in [2.75, 3.05) is 26.2 Å². The number of hydrogen-bond donors (Lipinski definition) is 2. The average molecular weight is 289 g/mol. The fourth-order valence-electron chi connectivity index (χ4n) is 3.28. The molecule has 116 valence electrons. The number of benzene rings is 1. The van der Waals surface area contributed by atoms with E-state index >= 15 is 0 Å². The van der Waals surface area contributed by atoms with Crippen molar-refractivity contribution in [2.45, 2.75) is 32.3 Å². The van der Waals surface area contributed by atoms with Crippen LogP contribution in [0, 0.1) is 5.41 Å². The molecule has 0 spiro atoms. The largest absolute Gasteiger partial charge is 0.396 e. The molecule has 0 aromatic heterocycles. The third kappa shape index (κ3) is 4.16. The zero-order valence-electron chi connectivity index (χ0n) is 12.9. The average Bonchev–Trinajstić information content (AvgIpc) is 2.52. The number of nitrogens with zero attached hydrogens (tertiary/aromatic N) is 1. The number of piperidine rings is 1. The first-order chi connectivity index (χ1) is 10.2. The van der Waals surface area contributed by atoms with Gasteiger partial charge in [-0.25, -0.2) is 0 Å². The van der Waals surface area contributed by atoms with Gasteiger partial charge in [-0.2, -0.15) is 0 Å². The Kier molecular flexibility index (Phi) is 5.97. The monoisotopic (exact) mass is 289 g/mol. The van der Waals surface area contributed by atoms with Gasteiger partial charge in [0.05, 0.1) is 12.7 Å². The predicted molar refractivity (Wildman–Crippen MR) is 87.0 cm³/mol. The Morgan fingerprint density at radius 3 is 2.76 bits per heavy atom. The van der Waals surface area contributed by atoms with E-state index in [0.717, 1.165) is 38.9 Å². The summed E-state index contributed by atoms with van der Waals surface area (Å²) >= 11 is 0. The Balaban J connectivity index is 1.94. The van der Waals surface area contributed by atoms with E-state index in [9.17, 15) is 10.2 Å². The van der Waals surface area contributed by atoms with E-state index in [-0.39, 0.29) is 18.1 Å². The van der Waals surface area contributed by atoms with E-state index in [4.69, 9.17) is 0 Å². The maximum atomic E-state index is 10.3. The summed E-state index contributed by atoms with van der Waals surface area (Å²) in [6.07, 6.45) is 6.54. The van der Waals surface area contributed by atoms with Crippen LogP contribution in [-0.4, -0.2) is 47.5 Å². The Bertz CT molecular complexity index is 446. The van der Waals surface area contributed by atoms with E-state index in [1.54, 1.807) is 0 Å². The lowest BCUT2D eigenvalue weighted by Crippen LogP contribution is -2.53. The molecule has 0 bridgehead atoms. The molecule has 1 fully saturated rings. The fourth-order valence-corrected chi connectivity index (χ4v) is 3.28. The highest BCUT2D eigenvalue weighted by Crippen LogP contribution is 2.34. The van der Waals surface area contributed by atoms with Gasteiger partial charge in [0.2, 0.25) is 0 Å². The zero-order valence-corrected chi connectivity index (χ0v) is 12.9. The van der Waals surface area contributed by atoms with Crippen molar-refractivity contribution in [1.29, 1.82) is 0 Å². The minimum absolute atomic E-state index is 0.0703. The van der Waals surface area contributed by atoms with Crippen LogP contribution in [0.4, 0.5) is 0 Å². The van der Waals surface area contributed by atoms with Crippen LogP contribution in [-0.2, 0) is 0 Å². The SMILES string of the molecule is CCC[C@@]1(CO)CN(C/C=C/c2ccccc2)CC[C@H]1O. The van der Waals surface area contributed by atoms with Gasteiger partial charge >= 0.3 is 0 Å². The summed E-state index contributed by atoms with van der Waals surface area (Å²) < 4.78 is 0. The number of likely N-dealkylation sites (tertiary alicyclic amines) is 1. The maximum Gasteiger partial charge on any atom is 0.0642 e. The molecule has 1 saturated heterocycles. The highest BCUT2D eigenvalue weighted by Gasteiger charge is 2.41. The topological polar surface area (TPSA) is 43.7 Å². The molecule has 1 aliphatic heterocycles. The minimum Gasteiger partial charge on any atom is -0.396 e. The summed E-state index contributed by atoms with van der Waals surface area (Å²) in [5, 5.41) is 20.0. The van der Waals surface area contributed by atoms with Crippen LogP contribution in [0.2, 0.25) is 0 Å². The van der Waals surface area contributed by atoms with Crippen molar-refractivity contribution < 1.29 is 10.2 Å². The van der Waals surface area contributed by atoms with E-state index in [0.29, 0.717) is 0 Å². The number of aliphatic hydroxyl groups is 2. The molecular formula is C18H27NO2. The van der Waals surface area contributed by atoms with Crippen LogP contribution < -0.4 is 0 Å². The van der Waals surface area contributed by atoms with E-state index in [2.05, 4.69) is 36.1 Å². The summed E-state index contributed by atoms with van der Waals surface area (Å²) in [4.78, 5) is 2.33. The van der Waals surface area contributed by atoms with Crippen molar-refractivity contribution in [3.63, 3.8) is 0 Å². The molecule has 0 unspecified atom stereocenters. The van der Waals surface area contributed by atoms with Crippen LogP contribution >= 0.6 is 0 Å². The lowest BCUT2D eigenvalue weighted by Gasteiger charge is -2.45. The zero-order chi connectivity index (χ0) is 15.1. The van der Waals surface area contributed by atoms with Gasteiger partial charge in [-0.1, -0.05) is 55.8 Å². The second kappa shape index (κ2) is 7.74. The molecule has 1 aliphatic rings. The number of rotatable bonds is 6. The van der Waals surface area contributed by atoms with Crippen molar-refractivity contribution in [3.8, 4) is 0 Å². The summed E-state index contributed by atoms with van der Waals surface area (Å²) in [6, 6.07) is 10.3. The second-order valence-electron chi connectivity index (χ2n) is 6.12. The normalized spacial score (nSPS) is 27.3. The molecule has 0 aliphatic carbocycles. The standard InChI is InChI=1S/C18H27NO2/c1-2-11-18(15-20)14-19(13-10-17(18)21)12-6-9-16-7-4-3-5-8-16/h3-9,17,20-21H,2,10-15H2,1H3/b9-6+/t17-,18+/m1/s1. The molecule has 0 radical (unpaired) electrons. The predicted octanol–water partition coefficient (Wildman–Crippen LogP) is 2.55. The molecule has 3 nitrogen and oxygen atoms in total. The summed E-state index contributed by atoms with van der Waals surface area (Å²) in [7, 11) is 0. The van der Waals surface area contributed by atoms with Crippen molar-refractivity contribution in [1.82, 2.24) is 4.90 Å². The lowest BCUT2D eigenvalue weighted by atomic mass is 9.74. The Morgan fingerprint density at radius 2 is 2.10 bits per heavy atom. The highest BCUT2D eigenvalue weighted by atomic mass is 16.3. The van der Waals surface area contributed by atoms with E-state index in [1.807, 2.05) is 18.2 Å². The quantitative estimate of drug-likeness (QED) is 0.846. The molecule has 3 heteroatoms. The van der Waals surface area contributed by atoms with E-state index in [1.165, 1.54) is 5.56 Å². The Hall–Kier alpha value is -1.16. The Morgan fingerprint density at radius 1 is 1.33 bits per heavy atom. The molecule has 1 aromatic carbocycles. The van der Waals surface area contributed by atoms with Crippen LogP contribution in [0.15, 0.2) is 36.4 Å². The van der Waals surface area contributed by atoms with Gasteiger partial charge in [-0.05, 0) is 18.4 Å². The minimum atomic E-state index is -0.378. The third-order valence-electron chi connectivity index (χ3n) is 4.50. The molecule has 0 amide bonds. The Labute approximate surface area is 127 Å². The van der Waals surface area contributed by atoms with Crippen molar-refractivity contribution in [2.24, 2.45) is 5.41 Å². The van der Waals surface area contributed by atoms with Crippen LogP contribution in [0.1, 0.15) is 31.7 Å². The third-order valence-corrected chi connectivity index (χ3v) is 4.50. The van der Waals surface area contributed by atoms with Gasteiger partial charge < -0.3 is 10.2 Å². The van der Waals surface area contributed by atoms with Crippen molar-refractivity contribution in [3.05, 3.63) is 42.0 Å². The van der Waals surface area contributed by atoms with E-state index < -0.39 is 0 Å². The fraction of sp³-hybridized carbons (Fsp3) is 0.556. The summed E-state index contributed by atoms with van der Waals surface area (Å²) in [5.74, 6) is 0. The number of hydrogen-bond acceptors (Lipinski definition) is 3. The lowest BCUT2D eigenvalue weighted by molar-refractivity contribution is -0.0774. The maximum absolute atomic E-state index is 10.3. The smallest absolute Gasteiger partial charge is 0.0642 e. The second-order valence-corrected chi connectivity index (χ2v) is 6.12. The van der Waals surface area contributed by atoms with Crippen LogP contribution in [0.25, 0.3) is 6.08 Å². The molecular weight excluding hydrogens is 262 g/mol. The molecule has 2 N–H and O–H groups in total. The summed E-state index contributed by atoms with van der Waals surface area (Å²) in [6.45, 7) is 4.72. The van der Waals surface area contributed by atoms with Crippen LogP contribution in [0.5, 0.6) is 0 Å². The first-order valence-corrected chi connectivity index (χ1v) is 7.93. The molecule has 1 aromatic rings. The van der Waals surface area contributed by atoms with Crippen molar-refractivity contribution >= 4 is 6.08 Å². The number of aliphatic hydroxyl groups excluding tert-OH is 2. The van der Waals surface area contributed by atoms with Gasteiger partial charge in [-0.3, -0.25) is 4.90 Å². The molecule has 2 rings (SSSR count). The summed E-state index contributed by atoms with van der Waals surface area (Å²) in [5.41, 5.74) is 0.865. The van der Waals surface area contributed by atoms with Gasteiger partial charge in [0.25, 0.3) is 0 Å². The van der Waals surface area contributed by atoms with Crippen LogP contribution in [0.3, 0.4) is 0 Å². The first kappa shape index (κ1) is 16.2. The molecule has 0 saturated carbocycles. The van der Waals surface area contributed by atoms with Gasteiger partial charge in [0.1, 0.15) is 0 Å². The van der Waals surface area contributed by atoms with Gasteiger partial charge in [0.15, 0.2) is 0 Å². The van der Waals surface area contributed by atoms with Gasteiger partial charge in [-0.15, -0.1) is 0 Å². The first-order valence-electron chi connectivity index (χ1n) is 7.93. The molecule has 2 atom stereocenters.